The molecule has 142 valence electrons. The van der Waals surface area contributed by atoms with E-state index in [0.717, 1.165) is 16.9 Å². The Labute approximate surface area is 169 Å². The van der Waals surface area contributed by atoms with Crippen molar-refractivity contribution in [1.82, 2.24) is 5.43 Å². The first-order valence-corrected chi connectivity index (χ1v) is 9.13. The number of hydrogen-bond acceptors (Lipinski definition) is 3. The second-order valence-corrected chi connectivity index (χ2v) is 6.58. The molecule has 28 heavy (non-hydrogen) atoms. The van der Waals surface area contributed by atoms with Crippen LogP contribution in [0, 0.1) is 12.7 Å². The fraction of sp³-hybridized carbons (Fsp3) is 0.0909. The number of aryl methyl sites for hydroxylation is 1. The van der Waals surface area contributed by atoms with Gasteiger partial charge in [-0.05, 0) is 78.8 Å². The second-order valence-electron chi connectivity index (χ2n) is 6.17. The van der Waals surface area contributed by atoms with Gasteiger partial charge in [0.25, 0.3) is 0 Å². The summed E-state index contributed by atoms with van der Waals surface area (Å²) in [6.45, 7) is 2.59. The van der Waals surface area contributed by atoms with Gasteiger partial charge in [-0.25, -0.2) is 4.39 Å². The third kappa shape index (κ3) is 6.17. The van der Waals surface area contributed by atoms with Gasteiger partial charge in [0, 0.05) is 5.69 Å². The smallest absolute Gasteiger partial charge is 0.191 e. The van der Waals surface area contributed by atoms with Crippen LogP contribution in [0.25, 0.3) is 0 Å². The third-order valence-corrected chi connectivity index (χ3v) is 4.08. The molecule has 0 atom stereocenters. The van der Waals surface area contributed by atoms with Crippen LogP contribution in [0.4, 0.5) is 10.1 Å². The van der Waals surface area contributed by atoms with Crippen LogP contribution in [-0.2, 0) is 6.61 Å². The maximum absolute atomic E-state index is 12.9. The summed E-state index contributed by atoms with van der Waals surface area (Å²) in [6, 6.07) is 21.8. The van der Waals surface area contributed by atoms with Crippen LogP contribution in [0.3, 0.4) is 0 Å². The molecule has 6 heteroatoms. The number of rotatable bonds is 6. The maximum Gasteiger partial charge on any atom is 0.191 e. The maximum atomic E-state index is 12.9. The Morgan fingerprint density at radius 3 is 2.36 bits per heavy atom. The lowest BCUT2D eigenvalue weighted by Crippen LogP contribution is -2.23. The molecule has 0 aliphatic carbocycles. The molecule has 0 amide bonds. The minimum Gasteiger partial charge on any atom is -0.489 e. The van der Waals surface area contributed by atoms with Crippen molar-refractivity contribution in [2.24, 2.45) is 5.10 Å². The molecular weight excluding hydrogens is 373 g/mol. The molecule has 0 aromatic heterocycles. The minimum atomic E-state index is -0.297. The molecule has 3 aromatic carbocycles. The number of hydrogen-bond donors (Lipinski definition) is 2. The van der Waals surface area contributed by atoms with Crippen LogP contribution in [-0.4, -0.2) is 11.3 Å². The summed E-state index contributed by atoms with van der Waals surface area (Å²) in [7, 11) is 0. The summed E-state index contributed by atoms with van der Waals surface area (Å²) in [4.78, 5) is 0. The Balaban J connectivity index is 1.45. The SMILES string of the molecule is Cc1ccc(COc2ccc(C=NNC(=S)Nc3ccc(F)cc3)cc2)cc1. The van der Waals surface area contributed by atoms with E-state index in [2.05, 4.69) is 47.0 Å². The van der Waals surface area contributed by atoms with E-state index < -0.39 is 0 Å². The van der Waals surface area contributed by atoms with Crippen molar-refractivity contribution in [3.8, 4) is 5.75 Å². The Morgan fingerprint density at radius 1 is 1.00 bits per heavy atom. The van der Waals surface area contributed by atoms with E-state index in [4.69, 9.17) is 17.0 Å². The Kier molecular flexibility index (Phi) is 6.70. The number of anilines is 1. The summed E-state index contributed by atoms with van der Waals surface area (Å²) in [5.74, 6) is 0.493. The van der Waals surface area contributed by atoms with Gasteiger partial charge in [-0.3, -0.25) is 5.43 Å². The van der Waals surface area contributed by atoms with Gasteiger partial charge in [0.1, 0.15) is 18.2 Å². The highest BCUT2D eigenvalue weighted by molar-refractivity contribution is 7.80. The van der Waals surface area contributed by atoms with Gasteiger partial charge in [0.2, 0.25) is 0 Å². The van der Waals surface area contributed by atoms with E-state index in [0.29, 0.717) is 17.4 Å². The summed E-state index contributed by atoms with van der Waals surface area (Å²) in [5.41, 5.74) is 6.67. The fourth-order valence-corrected chi connectivity index (χ4v) is 2.53. The van der Waals surface area contributed by atoms with Gasteiger partial charge in [-0.1, -0.05) is 29.8 Å². The molecule has 3 rings (SSSR count). The first-order valence-electron chi connectivity index (χ1n) is 8.72. The van der Waals surface area contributed by atoms with Crippen LogP contribution in [0.15, 0.2) is 77.9 Å². The van der Waals surface area contributed by atoms with Gasteiger partial charge in [0.15, 0.2) is 5.11 Å². The summed E-state index contributed by atoms with van der Waals surface area (Å²) in [5, 5.41) is 7.33. The molecule has 4 nitrogen and oxygen atoms in total. The van der Waals surface area contributed by atoms with Crippen molar-refractivity contribution >= 4 is 29.2 Å². The van der Waals surface area contributed by atoms with E-state index in [1.165, 1.54) is 17.7 Å². The van der Waals surface area contributed by atoms with Crippen LogP contribution in [0.2, 0.25) is 0 Å². The molecule has 0 saturated carbocycles. The van der Waals surface area contributed by atoms with Crippen LogP contribution in [0.1, 0.15) is 16.7 Å². The Morgan fingerprint density at radius 2 is 1.68 bits per heavy atom. The Bertz CT molecular complexity index is 939. The van der Waals surface area contributed by atoms with Crippen molar-refractivity contribution < 1.29 is 9.13 Å². The van der Waals surface area contributed by atoms with Crippen molar-refractivity contribution in [2.75, 3.05) is 5.32 Å². The first-order chi connectivity index (χ1) is 13.6. The number of hydrazone groups is 1. The first kappa shape index (κ1) is 19.5. The molecule has 3 aromatic rings. The zero-order chi connectivity index (χ0) is 19.8. The van der Waals surface area contributed by atoms with Gasteiger partial charge < -0.3 is 10.1 Å². The monoisotopic (exact) mass is 393 g/mol. The summed E-state index contributed by atoms with van der Waals surface area (Å²) >= 11 is 5.14. The number of thiocarbonyl (C=S) groups is 1. The average molecular weight is 393 g/mol. The number of halogens is 1. The van der Waals surface area contributed by atoms with E-state index >= 15 is 0 Å². The van der Waals surface area contributed by atoms with Crippen LogP contribution >= 0.6 is 12.2 Å². The lowest BCUT2D eigenvalue weighted by Gasteiger charge is -2.07. The van der Waals surface area contributed by atoms with Crippen molar-refractivity contribution in [1.29, 1.82) is 0 Å². The molecule has 0 unspecified atom stereocenters. The molecule has 0 heterocycles. The van der Waals surface area contributed by atoms with E-state index in [1.54, 1.807) is 18.3 Å². The number of ether oxygens (including phenoxy) is 1. The summed E-state index contributed by atoms with van der Waals surface area (Å²) in [6.07, 6.45) is 1.66. The molecule has 0 fully saturated rings. The molecule has 0 spiro atoms. The normalized spacial score (nSPS) is 10.6. The van der Waals surface area contributed by atoms with Crippen molar-refractivity contribution in [3.05, 3.63) is 95.3 Å². The topological polar surface area (TPSA) is 45.6 Å². The molecule has 0 saturated heterocycles. The molecule has 2 N–H and O–H groups in total. The van der Waals surface area contributed by atoms with Crippen LogP contribution < -0.4 is 15.5 Å². The minimum absolute atomic E-state index is 0.297. The van der Waals surface area contributed by atoms with Crippen molar-refractivity contribution in [2.45, 2.75) is 13.5 Å². The fourth-order valence-electron chi connectivity index (χ4n) is 2.36. The third-order valence-electron chi connectivity index (χ3n) is 3.89. The lowest BCUT2D eigenvalue weighted by molar-refractivity contribution is 0.306. The molecule has 0 radical (unpaired) electrons. The quantitative estimate of drug-likeness (QED) is 0.350. The number of nitrogens with zero attached hydrogens (tertiary/aromatic N) is 1. The highest BCUT2D eigenvalue weighted by atomic mass is 32.1. The van der Waals surface area contributed by atoms with E-state index in [1.807, 2.05) is 24.3 Å². The standard InChI is InChI=1S/C22H20FN3OS/c1-16-2-4-18(5-3-16)15-27-21-12-6-17(7-13-21)14-24-26-22(28)25-20-10-8-19(23)9-11-20/h2-14H,15H2,1H3,(H2,25,26,28). The van der Waals surface area contributed by atoms with E-state index in [-0.39, 0.29) is 5.82 Å². The zero-order valence-electron chi connectivity index (χ0n) is 15.4. The van der Waals surface area contributed by atoms with Crippen molar-refractivity contribution in [3.63, 3.8) is 0 Å². The second kappa shape index (κ2) is 9.62. The molecule has 0 bridgehead atoms. The predicted molar refractivity (Wildman–Crippen MR) is 115 cm³/mol. The Hall–Kier alpha value is -3.25. The average Bonchev–Trinajstić information content (AvgIpc) is 2.70. The highest BCUT2D eigenvalue weighted by Crippen LogP contribution is 2.14. The number of benzene rings is 3. The van der Waals surface area contributed by atoms with Gasteiger partial charge in [-0.2, -0.15) is 5.10 Å². The van der Waals surface area contributed by atoms with Crippen LogP contribution in [0.5, 0.6) is 5.75 Å². The van der Waals surface area contributed by atoms with Gasteiger partial charge >= 0.3 is 0 Å². The predicted octanol–water partition coefficient (Wildman–Crippen LogP) is 5.03. The lowest BCUT2D eigenvalue weighted by atomic mass is 10.2. The molecular formula is C22H20FN3OS. The number of nitrogens with one attached hydrogen (secondary N) is 2. The highest BCUT2D eigenvalue weighted by Gasteiger charge is 1.98. The van der Waals surface area contributed by atoms with E-state index in [9.17, 15) is 4.39 Å². The zero-order valence-corrected chi connectivity index (χ0v) is 16.2. The van der Waals surface area contributed by atoms with Gasteiger partial charge in [-0.15, -0.1) is 0 Å². The van der Waals surface area contributed by atoms with Gasteiger partial charge in [0.05, 0.1) is 6.21 Å². The largest absolute Gasteiger partial charge is 0.489 e. The summed E-state index contributed by atoms with van der Waals surface area (Å²) < 4.78 is 18.7. The molecule has 0 aliphatic heterocycles. The molecule has 0 aliphatic rings.